The van der Waals surface area contributed by atoms with E-state index in [1.165, 1.54) is 25.6 Å². The van der Waals surface area contributed by atoms with Crippen molar-refractivity contribution in [1.82, 2.24) is 5.32 Å². The Morgan fingerprint density at radius 1 is 1.20 bits per heavy atom. The third-order valence-electron chi connectivity index (χ3n) is 3.51. The van der Waals surface area contributed by atoms with Gasteiger partial charge in [-0.3, -0.25) is 9.59 Å². The highest BCUT2D eigenvalue weighted by molar-refractivity contribution is 7.10. The molecule has 0 radical (unpaired) electrons. The van der Waals surface area contributed by atoms with Crippen LogP contribution in [-0.4, -0.2) is 37.7 Å². The SMILES string of the molecule is COc1ccc(NC(=O)C(=O)NCC(C)(O)c2cccs2)c(OC)c1. The van der Waals surface area contributed by atoms with Gasteiger partial charge in [-0.15, -0.1) is 11.3 Å². The summed E-state index contributed by atoms with van der Waals surface area (Å²) in [7, 11) is 2.96. The number of amides is 2. The van der Waals surface area contributed by atoms with E-state index < -0.39 is 17.4 Å². The van der Waals surface area contributed by atoms with Crippen LogP contribution in [0.2, 0.25) is 0 Å². The van der Waals surface area contributed by atoms with Crippen LogP contribution in [0.1, 0.15) is 11.8 Å². The zero-order valence-corrected chi connectivity index (χ0v) is 15.0. The molecule has 1 atom stereocenters. The van der Waals surface area contributed by atoms with Crippen molar-refractivity contribution in [3.05, 3.63) is 40.6 Å². The second-order valence-electron chi connectivity index (χ2n) is 5.45. The molecule has 2 amide bonds. The molecule has 0 spiro atoms. The molecule has 0 aliphatic rings. The number of carbonyl (C=O) groups excluding carboxylic acids is 2. The quantitative estimate of drug-likeness (QED) is 0.678. The lowest BCUT2D eigenvalue weighted by molar-refractivity contribution is -0.136. The first-order valence-corrected chi connectivity index (χ1v) is 8.33. The van der Waals surface area contributed by atoms with E-state index >= 15 is 0 Å². The van der Waals surface area contributed by atoms with Gasteiger partial charge >= 0.3 is 11.8 Å². The Morgan fingerprint density at radius 3 is 2.56 bits per heavy atom. The Morgan fingerprint density at radius 2 is 1.96 bits per heavy atom. The monoisotopic (exact) mass is 364 g/mol. The Labute approximate surface area is 149 Å². The molecule has 3 N–H and O–H groups in total. The predicted molar refractivity (Wildman–Crippen MR) is 95.1 cm³/mol. The summed E-state index contributed by atoms with van der Waals surface area (Å²) in [6, 6.07) is 8.37. The summed E-state index contributed by atoms with van der Waals surface area (Å²) in [5.74, 6) is -0.780. The molecular weight excluding hydrogens is 344 g/mol. The third-order valence-corrected chi connectivity index (χ3v) is 4.63. The Kier molecular flexibility index (Phi) is 6.00. The van der Waals surface area contributed by atoms with Crippen molar-refractivity contribution < 1.29 is 24.2 Å². The van der Waals surface area contributed by atoms with Crippen LogP contribution in [0.15, 0.2) is 35.7 Å². The lowest BCUT2D eigenvalue weighted by Gasteiger charge is -2.22. The van der Waals surface area contributed by atoms with Gasteiger partial charge in [0.25, 0.3) is 0 Å². The fourth-order valence-electron chi connectivity index (χ4n) is 2.09. The average Bonchev–Trinajstić information content (AvgIpc) is 3.15. The largest absolute Gasteiger partial charge is 0.497 e. The summed E-state index contributed by atoms with van der Waals surface area (Å²) in [5, 5.41) is 17.1. The molecular formula is C17H20N2O5S. The Balaban J connectivity index is 1.98. The van der Waals surface area contributed by atoms with E-state index in [2.05, 4.69) is 10.6 Å². The molecule has 0 saturated heterocycles. The fraction of sp³-hybridized carbons (Fsp3) is 0.294. The maximum atomic E-state index is 12.0. The maximum absolute atomic E-state index is 12.0. The molecule has 1 heterocycles. The fourth-order valence-corrected chi connectivity index (χ4v) is 2.87. The van der Waals surface area contributed by atoms with Gasteiger partial charge in [-0.25, -0.2) is 0 Å². The predicted octanol–water partition coefficient (Wildman–Crippen LogP) is 1.73. The number of anilines is 1. The molecule has 25 heavy (non-hydrogen) atoms. The van der Waals surface area contributed by atoms with Gasteiger partial charge in [0.1, 0.15) is 17.1 Å². The normalized spacial score (nSPS) is 12.8. The first-order chi connectivity index (χ1) is 11.9. The first kappa shape index (κ1) is 18.8. The van der Waals surface area contributed by atoms with Gasteiger partial charge in [0, 0.05) is 10.9 Å². The van der Waals surface area contributed by atoms with Crippen LogP contribution in [0, 0.1) is 0 Å². The van der Waals surface area contributed by atoms with E-state index in [4.69, 9.17) is 9.47 Å². The van der Waals surface area contributed by atoms with Gasteiger partial charge in [0.15, 0.2) is 0 Å². The van der Waals surface area contributed by atoms with E-state index in [9.17, 15) is 14.7 Å². The van der Waals surface area contributed by atoms with Gasteiger partial charge in [-0.1, -0.05) is 6.07 Å². The number of carbonyl (C=O) groups is 2. The molecule has 7 nitrogen and oxygen atoms in total. The maximum Gasteiger partial charge on any atom is 0.313 e. The standard InChI is InChI=1S/C17H20N2O5S/c1-17(22,14-5-4-8-25-14)10-18-15(20)16(21)19-12-7-6-11(23-2)9-13(12)24-3/h4-9,22H,10H2,1-3H3,(H,18,20)(H,19,21). The van der Waals surface area contributed by atoms with Crippen molar-refractivity contribution in [3.8, 4) is 11.5 Å². The molecule has 2 rings (SSSR count). The summed E-state index contributed by atoms with van der Waals surface area (Å²) in [6.07, 6.45) is 0. The van der Waals surface area contributed by atoms with Gasteiger partial charge in [-0.2, -0.15) is 0 Å². The van der Waals surface area contributed by atoms with Crippen molar-refractivity contribution in [3.63, 3.8) is 0 Å². The van der Waals surface area contributed by atoms with Crippen LogP contribution in [0.25, 0.3) is 0 Å². The van der Waals surface area contributed by atoms with Crippen LogP contribution in [0.5, 0.6) is 11.5 Å². The number of thiophene rings is 1. The van der Waals surface area contributed by atoms with Crippen LogP contribution in [-0.2, 0) is 15.2 Å². The zero-order chi connectivity index (χ0) is 18.4. The molecule has 2 aromatic rings. The highest BCUT2D eigenvalue weighted by Gasteiger charge is 2.26. The molecule has 1 unspecified atom stereocenters. The number of ether oxygens (including phenoxy) is 2. The number of aliphatic hydroxyl groups is 1. The van der Waals surface area contributed by atoms with Crippen molar-refractivity contribution in [1.29, 1.82) is 0 Å². The molecule has 8 heteroatoms. The summed E-state index contributed by atoms with van der Waals surface area (Å²) < 4.78 is 10.2. The number of benzene rings is 1. The molecule has 1 aromatic heterocycles. The molecule has 0 saturated carbocycles. The smallest absolute Gasteiger partial charge is 0.313 e. The van der Waals surface area contributed by atoms with Gasteiger partial charge in [0.05, 0.1) is 26.5 Å². The molecule has 134 valence electrons. The van der Waals surface area contributed by atoms with E-state index in [0.717, 1.165) is 0 Å². The van der Waals surface area contributed by atoms with E-state index in [-0.39, 0.29) is 6.54 Å². The summed E-state index contributed by atoms with van der Waals surface area (Å²) in [4.78, 5) is 24.7. The highest BCUT2D eigenvalue weighted by Crippen LogP contribution is 2.29. The zero-order valence-electron chi connectivity index (χ0n) is 14.2. The second kappa shape index (κ2) is 8.00. The minimum Gasteiger partial charge on any atom is -0.497 e. The van der Waals surface area contributed by atoms with Crippen LogP contribution < -0.4 is 20.1 Å². The van der Waals surface area contributed by atoms with Crippen molar-refractivity contribution in [2.45, 2.75) is 12.5 Å². The third kappa shape index (κ3) is 4.71. The molecule has 0 fully saturated rings. The number of nitrogens with one attached hydrogen (secondary N) is 2. The Bertz CT molecular complexity index is 744. The first-order valence-electron chi connectivity index (χ1n) is 7.45. The Hall–Kier alpha value is -2.58. The van der Waals surface area contributed by atoms with Crippen molar-refractivity contribution in [2.75, 3.05) is 26.1 Å². The number of methoxy groups -OCH3 is 2. The molecule has 0 aliphatic carbocycles. The van der Waals surface area contributed by atoms with E-state index in [1.807, 2.05) is 5.38 Å². The second-order valence-corrected chi connectivity index (χ2v) is 6.40. The van der Waals surface area contributed by atoms with Crippen molar-refractivity contribution >= 4 is 28.8 Å². The molecule has 0 aliphatic heterocycles. The highest BCUT2D eigenvalue weighted by atomic mass is 32.1. The van der Waals surface area contributed by atoms with E-state index in [0.29, 0.717) is 22.1 Å². The molecule has 0 bridgehead atoms. The topological polar surface area (TPSA) is 96.9 Å². The number of hydrogen-bond acceptors (Lipinski definition) is 6. The lowest BCUT2D eigenvalue weighted by Crippen LogP contribution is -2.43. The van der Waals surface area contributed by atoms with Crippen LogP contribution >= 0.6 is 11.3 Å². The lowest BCUT2D eigenvalue weighted by atomic mass is 10.1. The summed E-state index contributed by atoms with van der Waals surface area (Å²) in [6.45, 7) is 1.49. The van der Waals surface area contributed by atoms with Gasteiger partial charge in [-0.05, 0) is 30.5 Å². The minimum absolute atomic E-state index is 0.0838. The van der Waals surface area contributed by atoms with Crippen LogP contribution in [0.3, 0.4) is 0 Å². The average molecular weight is 364 g/mol. The van der Waals surface area contributed by atoms with Crippen LogP contribution in [0.4, 0.5) is 5.69 Å². The number of rotatable bonds is 6. The summed E-state index contributed by atoms with van der Waals surface area (Å²) in [5.41, 5.74) is -0.907. The summed E-state index contributed by atoms with van der Waals surface area (Å²) >= 11 is 1.37. The van der Waals surface area contributed by atoms with Gasteiger partial charge in [0.2, 0.25) is 0 Å². The minimum atomic E-state index is -1.25. The molecule has 1 aromatic carbocycles. The number of hydrogen-bond donors (Lipinski definition) is 3. The van der Waals surface area contributed by atoms with Gasteiger partial charge < -0.3 is 25.2 Å². The van der Waals surface area contributed by atoms with E-state index in [1.54, 1.807) is 37.3 Å². The van der Waals surface area contributed by atoms with Crippen molar-refractivity contribution in [2.24, 2.45) is 0 Å².